The number of aliphatic hydroxyl groups excluding tert-OH is 3. The normalized spacial score (nSPS) is 61.1. The standard InChI is InChI=1S/C37H54O10/c1-18-12-37(30-33(6,47-30)17-43-37)46-21-13-32(5)23-9-8-22-31(3,4)24(45-29-28(41)27(40)20(39)15-42-29)10-11-35(22)16-36(23,35)14-25(44-19(2)38)34(32,7)26(18)21/h9,18,20-22,24-30,39-41H,8,10-17H2,1-7H3/t18-,20-,21+,22+,24+,25-,26+,27+,28-,29+,30-,32+,33-,34-,35-,36+,37-/m1/s1. The van der Waals surface area contributed by atoms with Crippen molar-refractivity contribution in [1.82, 2.24) is 0 Å². The van der Waals surface area contributed by atoms with Crippen LogP contribution in [0.5, 0.6) is 0 Å². The van der Waals surface area contributed by atoms with E-state index in [-0.39, 0.29) is 75.6 Å². The van der Waals surface area contributed by atoms with Crippen LogP contribution >= 0.6 is 0 Å². The monoisotopic (exact) mass is 658 g/mol. The Kier molecular flexibility index (Phi) is 6.37. The molecule has 3 N–H and O–H groups in total. The first-order valence-electron chi connectivity index (χ1n) is 18.2. The van der Waals surface area contributed by atoms with Crippen molar-refractivity contribution in [2.24, 2.45) is 44.8 Å². The number of carbonyl (C=O) groups is 1. The molecule has 262 valence electrons. The van der Waals surface area contributed by atoms with E-state index >= 15 is 0 Å². The van der Waals surface area contributed by atoms with Crippen LogP contribution in [0.1, 0.15) is 93.4 Å². The molecule has 0 amide bonds. The summed E-state index contributed by atoms with van der Waals surface area (Å²) in [5.41, 5.74) is 0.598. The van der Waals surface area contributed by atoms with Gasteiger partial charge in [-0.05, 0) is 74.0 Å². The molecule has 0 radical (unpaired) electrons. The molecule has 3 spiro atoms. The number of ether oxygens (including phenoxy) is 6. The van der Waals surface area contributed by atoms with Crippen LogP contribution in [0.2, 0.25) is 0 Å². The van der Waals surface area contributed by atoms with Crippen LogP contribution in [0.25, 0.3) is 0 Å². The third kappa shape index (κ3) is 3.73. The summed E-state index contributed by atoms with van der Waals surface area (Å²) < 4.78 is 38.3. The summed E-state index contributed by atoms with van der Waals surface area (Å²) in [6.45, 7) is 15.9. The van der Waals surface area contributed by atoms with E-state index < -0.39 is 30.4 Å². The van der Waals surface area contributed by atoms with E-state index in [4.69, 9.17) is 28.4 Å². The molecule has 4 aliphatic heterocycles. The molecule has 47 heavy (non-hydrogen) atoms. The highest BCUT2D eigenvalue weighted by Gasteiger charge is 2.85. The fraction of sp³-hybridized carbons (Fsp3) is 0.919. The van der Waals surface area contributed by atoms with E-state index in [2.05, 4.69) is 47.6 Å². The van der Waals surface area contributed by atoms with Gasteiger partial charge in [-0.15, -0.1) is 0 Å². The van der Waals surface area contributed by atoms with Gasteiger partial charge in [0.25, 0.3) is 0 Å². The Hall–Kier alpha value is -1.11. The van der Waals surface area contributed by atoms with Crippen LogP contribution < -0.4 is 0 Å². The topological polar surface area (TPSA) is 136 Å². The molecule has 0 bridgehead atoms. The maximum atomic E-state index is 12.9. The summed E-state index contributed by atoms with van der Waals surface area (Å²) in [6.07, 6.45) is 3.70. The zero-order valence-corrected chi connectivity index (χ0v) is 29.0. The van der Waals surface area contributed by atoms with Crippen LogP contribution in [0.4, 0.5) is 0 Å². The summed E-state index contributed by atoms with van der Waals surface area (Å²) >= 11 is 0. The van der Waals surface area contributed by atoms with Crippen LogP contribution in [0.3, 0.4) is 0 Å². The number of epoxide rings is 1. The Morgan fingerprint density at radius 2 is 1.77 bits per heavy atom. The minimum Gasteiger partial charge on any atom is -0.462 e. The second-order valence-corrected chi connectivity index (χ2v) is 18.5. The number of esters is 1. The van der Waals surface area contributed by atoms with E-state index in [1.807, 2.05) is 0 Å². The first-order valence-corrected chi connectivity index (χ1v) is 18.2. The fourth-order valence-corrected chi connectivity index (χ4v) is 13.7. The molecule has 9 rings (SSSR count). The highest BCUT2D eigenvalue weighted by molar-refractivity contribution is 5.66. The van der Waals surface area contributed by atoms with Gasteiger partial charge in [0, 0.05) is 29.6 Å². The molecule has 4 saturated heterocycles. The van der Waals surface area contributed by atoms with Gasteiger partial charge < -0.3 is 43.7 Å². The minimum atomic E-state index is -1.31. The maximum absolute atomic E-state index is 12.9. The summed E-state index contributed by atoms with van der Waals surface area (Å²) in [5.74, 6) is -0.0424. The Balaban J connectivity index is 1.06. The number of aliphatic hydroxyl groups is 3. The molecule has 0 aromatic rings. The second kappa shape index (κ2) is 9.40. The summed E-state index contributed by atoms with van der Waals surface area (Å²) in [6, 6.07) is 0. The van der Waals surface area contributed by atoms with Gasteiger partial charge in [-0.2, -0.15) is 0 Å². The molecule has 4 saturated carbocycles. The van der Waals surface area contributed by atoms with Crippen LogP contribution in [0, 0.1) is 44.8 Å². The summed E-state index contributed by atoms with van der Waals surface area (Å²) in [4.78, 5) is 12.9. The molecule has 8 fully saturated rings. The predicted molar refractivity (Wildman–Crippen MR) is 166 cm³/mol. The quantitative estimate of drug-likeness (QED) is 0.234. The second-order valence-electron chi connectivity index (χ2n) is 18.5. The third-order valence-electron chi connectivity index (χ3n) is 16.0. The van der Waals surface area contributed by atoms with Crippen molar-refractivity contribution in [3.63, 3.8) is 0 Å². The van der Waals surface area contributed by atoms with Gasteiger partial charge in [0.1, 0.15) is 36.1 Å². The molecule has 0 aromatic carbocycles. The van der Waals surface area contributed by atoms with Crippen molar-refractivity contribution in [2.75, 3.05) is 13.2 Å². The van der Waals surface area contributed by atoms with Gasteiger partial charge in [0.2, 0.25) is 0 Å². The van der Waals surface area contributed by atoms with E-state index in [9.17, 15) is 20.1 Å². The first-order chi connectivity index (χ1) is 22.0. The lowest BCUT2D eigenvalue weighted by molar-refractivity contribution is -0.307. The number of hydrogen-bond acceptors (Lipinski definition) is 10. The number of allylic oxidation sites excluding steroid dienone is 2. The molecular weight excluding hydrogens is 604 g/mol. The minimum absolute atomic E-state index is 0.0156. The molecule has 10 nitrogen and oxygen atoms in total. The van der Waals surface area contributed by atoms with Gasteiger partial charge in [-0.25, -0.2) is 0 Å². The highest BCUT2D eigenvalue weighted by Crippen LogP contribution is 2.88. The molecular formula is C37H54O10. The van der Waals surface area contributed by atoms with Gasteiger partial charge >= 0.3 is 5.97 Å². The molecule has 9 aliphatic rings. The molecule has 0 unspecified atom stereocenters. The number of rotatable bonds is 3. The maximum Gasteiger partial charge on any atom is 0.302 e. The number of hydrogen-bond donors (Lipinski definition) is 3. The third-order valence-corrected chi connectivity index (χ3v) is 16.0. The lowest BCUT2D eigenvalue weighted by atomic mass is 9.44. The Bertz CT molecular complexity index is 1410. The Morgan fingerprint density at radius 1 is 1.00 bits per heavy atom. The first kappa shape index (κ1) is 31.8. The van der Waals surface area contributed by atoms with E-state index in [0.717, 1.165) is 44.9 Å². The van der Waals surface area contributed by atoms with Crippen LogP contribution in [0.15, 0.2) is 11.6 Å². The van der Waals surface area contributed by atoms with Crippen LogP contribution in [-0.4, -0.2) is 94.9 Å². The lowest BCUT2D eigenvalue weighted by Gasteiger charge is -2.62. The average molecular weight is 659 g/mol. The predicted octanol–water partition coefficient (Wildman–Crippen LogP) is 3.63. The van der Waals surface area contributed by atoms with Crippen molar-refractivity contribution in [2.45, 2.75) is 154 Å². The number of carbonyl (C=O) groups excluding carboxylic acids is 1. The van der Waals surface area contributed by atoms with Crippen molar-refractivity contribution in [3.05, 3.63) is 11.6 Å². The smallest absolute Gasteiger partial charge is 0.302 e. The highest BCUT2D eigenvalue weighted by atomic mass is 16.8. The van der Waals surface area contributed by atoms with Crippen molar-refractivity contribution in [1.29, 1.82) is 0 Å². The Morgan fingerprint density at radius 3 is 2.45 bits per heavy atom. The molecule has 5 aliphatic carbocycles. The zero-order valence-electron chi connectivity index (χ0n) is 29.0. The average Bonchev–Trinajstić information content (AvgIpc) is 3.81. The summed E-state index contributed by atoms with van der Waals surface area (Å²) in [5, 5.41) is 30.9. The van der Waals surface area contributed by atoms with E-state index in [0.29, 0.717) is 18.4 Å². The molecule has 0 aromatic heterocycles. The van der Waals surface area contributed by atoms with Crippen LogP contribution in [-0.2, 0) is 33.2 Å². The SMILES string of the molecule is CC(=O)O[C@@H]1C[C@@]23C[C@@]24CC[C@H](O[C@@H]2OC[C@@H](O)[C@H](O)[C@H]2O)C(C)(C)[C@@H]4CC=C3[C@]2(C)C[C@@H]3O[C@@]4(C[C@@H](C)[C@@H]3[C@@]12C)OC[C@@]1(C)O[C@@H]41. The van der Waals surface area contributed by atoms with Gasteiger partial charge in [-0.1, -0.05) is 46.3 Å². The van der Waals surface area contributed by atoms with Crippen molar-refractivity contribution >= 4 is 5.97 Å². The molecule has 10 heteroatoms. The zero-order chi connectivity index (χ0) is 33.3. The molecule has 17 atom stereocenters. The van der Waals surface area contributed by atoms with Crippen molar-refractivity contribution < 1.29 is 48.5 Å². The number of fused-ring (bicyclic) bond motifs is 6. The lowest BCUT2D eigenvalue weighted by Crippen LogP contribution is -2.61. The largest absolute Gasteiger partial charge is 0.462 e. The van der Waals surface area contributed by atoms with E-state index in [1.165, 1.54) is 0 Å². The molecule has 4 heterocycles. The summed E-state index contributed by atoms with van der Waals surface area (Å²) in [7, 11) is 0. The van der Waals surface area contributed by atoms with Crippen molar-refractivity contribution in [3.8, 4) is 0 Å². The van der Waals surface area contributed by atoms with Gasteiger partial charge in [-0.3, -0.25) is 4.79 Å². The van der Waals surface area contributed by atoms with E-state index in [1.54, 1.807) is 12.5 Å². The van der Waals surface area contributed by atoms with Gasteiger partial charge in [0.05, 0.1) is 25.4 Å². The van der Waals surface area contributed by atoms with Gasteiger partial charge in [0.15, 0.2) is 12.1 Å². The Labute approximate surface area is 277 Å². The fourth-order valence-electron chi connectivity index (χ4n) is 13.7.